The topological polar surface area (TPSA) is 116 Å². The molecule has 0 radical (unpaired) electrons. The van der Waals surface area contributed by atoms with Crippen LogP contribution >= 0.6 is 11.3 Å². The van der Waals surface area contributed by atoms with E-state index in [1.54, 1.807) is 6.92 Å². The Labute approximate surface area is 178 Å². The second-order valence-electron chi connectivity index (χ2n) is 6.33. The van der Waals surface area contributed by atoms with E-state index in [4.69, 9.17) is 14.2 Å². The second-order valence-corrected chi connectivity index (χ2v) is 7.57. The van der Waals surface area contributed by atoms with Crippen LogP contribution in [0, 0.1) is 6.92 Å². The fraction of sp³-hybridized carbons (Fsp3) is 0.400. The molecule has 2 amide bonds. The van der Waals surface area contributed by atoms with Crippen LogP contribution < -0.4 is 10.6 Å². The molecule has 0 bridgehead atoms. The number of hydrogen-bond donors (Lipinski definition) is 2. The highest BCUT2D eigenvalue weighted by molar-refractivity contribution is 7.13. The highest BCUT2D eigenvalue weighted by Gasteiger charge is 2.28. The molecular weight excluding hydrogens is 410 g/mol. The number of amides is 2. The van der Waals surface area contributed by atoms with Crippen molar-refractivity contribution >= 4 is 29.1 Å². The van der Waals surface area contributed by atoms with Crippen LogP contribution in [0.2, 0.25) is 0 Å². The fourth-order valence-electron chi connectivity index (χ4n) is 2.48. The number of aromatic nitrogens is 1. The van der Waals surface area contributed by atoms with Gasteiger partial charge in [-0.2, -0.15) is 0 Å². The van der Waals surface area contributed by atoms with Crippen molar-refractivity contribution in [3.8, 4) is 0 Å². The van der Waals surface area contributed by atoms with Crippen LogP contribution in [-0.4, -0.2) is 62.3 Å². The van der Waals surface area contributed by atoms with E-state index in [-0.39, 0.29) is 19.8 Å². The number of carbonyl (C=O) groups is 3. The predicted molar refractivity (Wildman–Crippen MR) is 110 cm³/mol. The molecule has 9 nitrogen and oxygen atoms in total. The largest absolute Gasteiger partial charge is 0.459 e. The average Bonchev–Trinajstić information content (AvgIpc) is 3.18. The first-order valence-electron chi connectivity index (χ1n) is 9.16. The molecule has 2 unspecified atom stereocenters. The summed E-state index contributed by atoms with van der Waals surface area (Å²) in [5.74, 6) is -1.69. The maximum Gasteiger partial charge on any atom is 0.331 e. The van der Waals surface area contributed by atoms with Crippen LogP contribution in [0.5, 0.6) is 0 Å². The van der Waals surface area contributed by atoms with Gasteiger partial charge in [0.25, 0.3) is 5.91 Å². The first kappa shape index (κ1) is 23.5. The zero-order valence-corrected chi connectivity index (χ0v) is 17.9. The van der Waals surface area contributed by atoms with Gasteiger partial charge in [0.2, 0.25) is 5.91 Å². The third kappa shape index (κ3) is 7.21. The van der Waals surface area contributed by atoms with Gasteiger partial charge in [0.15, 0.2) is 6.04 Å². The van der Waals surface area contributed by atoms with E-state index in [0.717, 1.165) is 10.6 Å². The molecule has 10 heteroatoms. The summed E-state index contributed by atoms with van der Waals surface area (Å²) < 4.78 is 15.3. The molecule has 2 aromatic rings. The zero-order valence-electron chi connectivity index (χ0n) is 17.0. The minimum atomic E-state index is -1.03. The summed E-state index contributed by atoms with van der Waals surface area (Å²) in [5.41, 5.74) is 0.817. The summed E-state index contributed by atoms with van der Waals surface area (Å²) in [4.78, 5) is 41.9. The Balaban J connectivity index is 1.98. The van der Waals surface area contributed by atoms with Crippen LogP contribution in [0.1, 0.15) is 20.2 Å². The number of nitrogens with one attached hydrogen (secondary N) is 2. The van der Waals surface area contributed by atoms with Gasteiger partial charge < -0.3 is 24.8 Å². The number of methoxy groups -OCH3 is 2. The van der Waals surface area contributed by atoms with Gasteiger partial charge in [-0.25, -0.2) is 9.78 Å². The van der Waals surface area contributed by atoms with Crippen molar-refractivity contribution in [1.29, 1.82) is 0 Å². The molecule has 0 fully saturated rings. The molecule has 0 aliphatic heterocycles. The van der Waals surface area contributed by atoms with Crippen LogP contribution in [0.25, 0.3) is 0 Å². The number of hydrogen-bond acceptors (Lipinski definition) is 8. The van der Waals surface area contributed by atoms with E-state index in [9.17, 15) is 14.4 Å². The molecule has 0 spiro atoms. The van der Waals surface area contributed by atoms with E-state index in [1.807, 2.05) is 30.3 Å². The molecule has 30 heavy (non-hydrogen) atoms. The number of rotatable bonds is 11. The number of thiazole rings is 1. The molecule has 2 N–H and O–H groups in total. The Kier molecular flexibility index (Phi) is 9.39. The molecule has 0 saturated carbocycles. The van der Waals surface area contributed by atoms with E-state index >= 15 is 0 Å². The third-order valence-electron chi connectivity index (χ3n) is 3.96. The summed E-state index contributed by atoms with van der Waals surface area (Å²) in [7, 11) is 2.81. The lowest BCUT2D eigenvalue weighted by Gasteiger charge is -2.21. The summed E-state index contributed by atoms with van der Waals surface area (Å²) in [6.45, 7) is 1.69. The van der Waals surface area contributed by atoms with Crippen molar-refractivity contribution in [3.05, 3.63) is 52.0 Å². The van der Waals surface area contributed by atoms with E-state index in [2.05, 4.69) is 15.6 Å². The normalized spacial score (nSPS) is 12.6. The van der Waals surface area contributed by atoms with Gasteiger partial charge in [-0.05, 0) is 12.5 Å². The molecule has 1 aromatic heterocycles. The van der Waals surface area contributed by atoms with Gasteiger partial charge in [0.1, 0.15) is 17.5 Å². The predicted octanol–water partition coefficient (Wildman–Crippen LogP) is 1.07. The molecule has 2 atom stereocenters. The maximum atomic E-state index is 12.7. The van der Waals surface area contributed by atoms with Gasteiger partial charge in [-0.1, -0.05) is 30.3 Å². The summed E-state index contributed by atoms with van der Waals surface area (Å²) in [5, 5.41) is 5.88. The summed E-state index contributed by atoms with van der Waals surface area (Å²) in [6, 6.07) is 7.13. The molecule has 162 valence electrons. The number of carbonyl (C=O) groups excluding carboxylic acids is 3. The number of aryl methyl sites for hydroxylation is 1. The number of benzene rings is 1. The van der Waals surface area contributed by atoms with Crippen LogP contribution in [0.3, 0.4) is 0 Å². The van der Waals surface area contributed by atoms with Gasteiger partial charge in [-0.3, -0.25) is 9.59 Å². The fourth-order valence-corrected chi connectivity index (χ4v) is 3.16. The Hall–Kier alpha value is -2.82. The lowest BCUT2D eigenvalue weighted by Crippen LogP contribution is -2.54. The van der Waals surface area contributed by atoms with E-state index in [0.29, 0.717) is 4.88 Å². The molecule has 0 aliphatic carbocycles. The highest BCUT2D eigenvalue weighted by Crippen LogP contribution is 2.11. The molecule has 0 aliphatic rings. The lowest BCUT2D eigenvalue weighted by atomic mass is 10.2. The Bertz CT molecular complexity index is 842. The quantitative estimate of drug-likeness (QED) is 0.507. The smallest absolute Gasteiger partial charge is 0.331 e. The van der Waals surface area contributed by atoms with Crippen molar-refractivity contribution in [2.45, 2.75) is 25.6 Å². The van der Waals surface area contributed by atoms with Crippen molar-refractivity contribution in [1.82, 2.24) is 15.6 Å². The minimum absolute atomic E-state index is 0.0682. The second kappa shape index (κ2) is 12.0. The van der Waals surface area contributed by atoms with Gasteiger partial charge >= 0.3 is 5.97 Å². The first-order chi connectivity index (χ1) is 14.4. The van der Waals surface area contributed by atoms with Crippen LogP contribution in [-0.2, 0) is 30.4 Å². The molecule has 1 aromatic carbocycles. The van der Waals surface area contributed by atoms with Crippen LogP contribution in [0.4, 0.5) is 0 Å². The molecule has 1 heterocycles. The van der Waals surface area contributed by atoms with Crippen molar-refractivity contribution in [2.75, 3.05) is 27.4 Å². The monoisotopic (exact) mass is 435 g/mol. The first-order valence-corrected chi connectivity index (χ1v) is 9.98. The van der Waals surface area contributed by atoms with Crippen molar-refractivity contribution in [3.63, 3.8) is 0 Å². The van der Waals surface area contributed by atoms with Gasteiger partial charge in [0, 0.05) is 14.2 Å². The lowest BCUT2D eigenvalue weighted by molar-refractivity contribution is -0.151. The van der Waals surface area contributed by atoms with Gasteiger partial charge in [0.05, 0.1) is 24.4 Å². The standard InChI is InChI=1S/C20H25N3O6S/c1-13-21-9-17(30-13)19(25)22-15(11-27-2)18(24)23-16(12-28-3)20(26)29-10-14-7-5-4-6-8-14/h4-9,15-16H,10-12H2,1-3H3,(H,22,25)(H,23,24). The number of nitrogens with zero attached hydrogens (tertiary/aromatic N) is 1. The molecule has 0 saturated heterocycles. The Morgan fingerprint density at radius 1 is 1.03 bits per heavy atom. The minimum Gasteiger partial charge on any atom is -0.459 e. The zero-order chi connectivity index (χ0) is 21.9. The van der Waals surface area contributed by atoms with Crippen LogP contribution in [0.15, 0.2) is 36.5 Å². The Morgan fingerprint density at radius 2 is 1.70 bits per heavy atom. The highest BCUT2D eigenvalue weighted by atomic mass is 32.1. The number of esters is 1. The Morgan fingerprint density at radius 3 is 2.30 bits per heavy atom. The summed E-state index contributed by atoms with van der Waals surface area (Å²) >= 11 is 1.21. The summed E-state index contributed by atoms with van der Waals surface area (Å²) in [6.07, 6.45) is 1.44. The van der Waals surface area contributed by atoms with E-state index < -0.39 is 29.9 Å². The third-order valence-corrected chi connectivity index (χ3v) is 4.87. The van der Waals surface area contributed by atoms with Crippen molar-refractivity contribution < 1.29 is 28.6 Å². The molecule has 2 rings (SSSR count). The maximum absolute atomic E-state index is 12.7. The van der Waals surface area contributed by atoms with E-state index in [1.165, 1.54) is 31.8 Å². The number of ether oxygens (including phenoxy) is 3. The van der Waals surface area contributed by atoms with Gasteiger partial charge in [-0.15, -0.1) is 11.3 Å². The average molecular weight is 436 g/mol. The van der Waals surface area contributed by atoms with Crippen molar-refractivity contribution in [2.24, 2.45) is 0 Å². The SMILES string of the molecule is COCC(NC(=O)c1cnc(C)s1)C(=O)NC(COC)C(=O)OCc1ccccc1. The molecular formula is C20H25N3O6S.